The van der Waals surface area contributed by atoms with Gasteiger partial charge in [0.05, 0.1) is 4.83 Å². The van der Waals surface area contributed by atoms with Crippen LogP contribution in [0.15, 0.2) is 53.0 Å². The highest BCUT2D eigenvalue weighted by molar-refractivity contribution is 9.10. The van der Waals surface area contributed by atoms with Crippen LogP contribution in [0.25, 0.3) is 10.8 Å². The number of fused-ring (bicyclic) bond motifs is 1. The predicted octanol–water partition coefficient (Wildman–Crippen LogP) is 6.71. The molecule has 20 heavy (non-hydrogen) atoms. The summed E-state index contributed by atoms with van der Waals surface area (Å²) in [6.45, 7) is 2.20. The van der Waals surface area contributed by atoms with E-state index in [4.69, 9.17) is 0 Å². The second kappa shape index (κ2) is 6.00. The summed E-state index contributed by atoms with van der Waals surface area (Å²) in [5.41, 5.74) is 1.33. The molecule has 0 bridgehead atoms. The first kappa shape index (κ1) is 14.3. The van der Waals surface area contributed by atoms with Crippen molar-refractivity contribution in [2.45, 2.75) is 18.2 Å². The Balaban J connectivity index is 2.12. The van der Waals surface area contributed by atoms with Crippen LogP contribution < -0.4 is 0 Å². The van der Waals surface area contributed by atoms with E-state index in [1.165, 1.54) is 26.1 Å². The van der Waals surface area contributed by atoms with Gasteiger partial charge in [-0.15, -0.1) is 11.3 Å². The molecule has 102 valence electrons. The number of aryl methyl sites for hydroxylation is 1. The van der Waals surface area contributed by atoms with E-state index in [1.54, 1.807) is 0 Å². The molecule has 0 saturated heterocycles. The lowest BCUT2D eigenvalue weighted by molar-refractivity contribution is 1.19. The molecule has 3 rings (SSSR count). The van der Waals surface area contributed by atoms with Gasteiger partial charge in [-0.2, -0.15) is 0 Å². The van der Waals surface area contributed by atoms with E-state index in [0.29, 0.717) is 0 Å². The van der Waals surface area contributed by atoms with Crippen LogP contribution in [-0.4, -0.2) is 0 Å². The minimum absolute atomic E-state index is 0.255. The normalized spacial score (nSPS) is 12.8. The molecule has 0 spiro atoms. The van der Waals surface area contributed by atoms with Gasteiger partial charge in [0.1, 0.15) is 0 Å². The van der Waals surface area contributed by atoms with E-state index in [-0.39, 0.29) is 4.83 Å². The number of rotatable bonds is 3. The summed E-state index contributed by atoms with van der Waals surface area (Å²) in [7, 11) is 0. The van der Waals surface area contributed by atoms with Gasteiger partial charge < -0.3 is 0 Å². The summed E-state index contributed by atoms with van der Waals surface area (Å²) < 4.78 is 1.15. The van der Waals surface area contributed by atoms with Crippen molar-refractivity contribution in [3.63, 3.8) is 0 Å². The molecule has 0 N–H and O–H groups in total. The van der Waals surface area contributed by atoms with Gasteiger partial charge in [0.15, 0.2) is 0 Å². The van der Waals surface area contributed by atoms with Gasteiger partial charge in [0.2, 0.25) is 0 Å². The summed E-state index contributed by atoms with van der Waals surface area (Å²) >= 11 is 9.41. The number of benzene rings is 2. The van der Waals surface area contributed by atoms with Crippen molar-refractivity contribution in [3.8, 4) is 0 Å². The van der Waals surface area contributed by atoms with Crippen LogP contribution in [-0.2, 0) is 6.42 Å². The first-order chi connectivity index (χ1) is 9.70. The number of hydrogen-bond donors (Lipinski definition) is 0. The lowest BCUT2D eigenvalue weighted by Crippen LogP contribution is -1.91. The van der Waals surface area contributed by atoms with Crippen molar-refractivity contribution in [2.24, 2.45) is 0 Å². The maximum absolute atomic E-state index is 3.88. The van der Waals surface area contributed by atoms with Crippen LogP contribution in [0, 0.1) is 0 Å². The highest BCUT2D eigenvalue weighted by Gasteiger charge is 2.16. The zero-order valence-electron chi connectivity index (χ0n) is 11.1. The monoisotopic (exact) mass is 408 g/mol. The van der Waals surface area contributed by atoms with Gasteiger partial charge in [0, 0.05) is 14.2 Å². The SMILES string of the molecule is CCc1ccc(C(Br)c2ccc(Br)c3ccccc23)s1. The van der Waals surface area contributed by atoms with Crippen LogP contribution in [0.5, 0.6) is 0 Å². The standard InChI is InChI=1S/C17H14Br2S/c1-2-11-7-10-16(20-11)17(19)14-8-9-15(18)13-6-4-3-5-12(13)14/h3-10,17H,2H2,1H3. The average Bonchev–Trinajstić information content (AvgIpc) is 2.96. The zero-order chi connectivity index (χ0) is 14.1. The highest BCUT2D eigenvalue weighted by Crippen LogP contribution is 2.40. The zero-order valence-corrected chi connectivity index (χ0v) is 15.1. The fourth-order valence-corrected chi connectivity index (χ4v) is 4.64. The van der Waals surface area contributed by atoms with Crippen molar-refractivity contribution < 1.29 is 0 Å². The number of halogens is 2. The Labute approximate surface area is 140 Å². The Morgan fingerprint density at radius 2 is 1.75 bits per heavy atom. The molecular formula is C17H14Br2S. The van der Waals surface area contributed by atoms with E-state index in [1.807, 2.05) is 11.3 Å². The molecule has 1 aromatic heterocycles. The summed E-state index contributed by atoms with van der Waals surface area (Å²) in [6, 6.07) is 17.4. The molecule has 1 unspecified atom stereocenters. The van der Waals surface area contributed by atoms with E-state index in [0.717, 1.165) is 10.9 Å². The lowest BCUT2D eigenvalue weighted by Gasteiger charge is -2.13. The Kier molecular flexibility index (Phi) is 4.29. The van der Waals surface area contributed by atoms with Gasteiger partial charge in [-0.25, -0.2) is 0 Å². The van der Waals surface area contributed by atoms with Crippen molar-refractivity contribution in [2.75, 3.05) is 0 Å². The molecule has 0 aliphatic rings. The quantitative estimate of drug-likeness (QED) is 0.421. The van der Waals surface area contributed by atoms with Crippen LogP contribution in [0.4, 0.5) is 0 Å². The Morgan fingerprint density at radius 3 is 2.45 bits per heavy atom. The van der Waals surface area contributed by atoms with Crippen molar-refractivity contribution in [1.29, 1.82) is 0 Å². The van der Waals surface area contributed by atoms with Crippen molar-refractivity contribution >= 4 is 54.0 Å². The summed E-state index contributed by atoms with van der Waals surface area (Å²) in [4.78, 5) is 3.06. The fourth-order valence-electron chi connectivity index (χ4n) is 2.38. The molecule has 3 aromatic rings. The van der Waals surface area contributed by atoms with Crippen LogP contribution in [0.1, 0.15) is 27.1 Å². The summed E-state index contributed by atoms with van der Waals surface area (Å²) in [5, 5.41) is 2.57. The molecule has 0 amide bonds. The molecule has 0 aliphatic heterocycles. The average molecular weight is 410 g/mol. The third-order valence-electron chi connectivity index (χ3n) is 3.46. The first-order valence-corrected chi connectivity index (χ1v) is 9.13. The second-order valence-corrected chi connectivity index (χ2v) is 7.67. The van der Waals surface area contributed by atoms with Crippen LogP contribution >= 0.6 is 43.2 Å². The molecule has 0 saturated carbocycles. The van der Waals surface area contributed by atoms with Gasteiger partial charge in [-0.1, -0.05) is 69.1 Å². The molecular weight excluding hydrogens is 396 g/mol. The van der Waals surface area contributed by atoms with E-state index >= 15 is 0 Å². The maximum Gasteiger partial charge on any atom is 0.0744 e. The van der Waals surface area contributed by atoms with Gasteiger partial charge >= 0.3 is 0 Å². The fraction of sp³-hybridized carbons (Fsp3) is 0.176. The van der Waals surface area contributed by atoms with E-state index in [9.17, 15) is 0 Å². The molecule has 2 aromatic carbocycles. The summed E-state index contributed by atoms with van der Waals surface area (Å²) in [5.74, 6) is 0. The minimum atomic E-state index is 0.255. The second-order valence-electron chi connectivity index (χ2n) is 4.70. The van der Waals surface area contributed by atoms with E-state index in [2.05, 4.69) is 87.3 Å². The Hall–Kier alpha value is -0.640. The molecule has 0 nitrogen and oxygen atoms in total. The third-order valence-corrected chi connectivity index (χ3v) is 6.73. The van der Waals surface area contributed by atoms with Crippen LogP contribution in [0.3, 0.4) is 0 Å². The molecule has 0 aliphatic carbocycles. The van der Waals surface area contributed by atoms with Gasteiger partial charge in [-0.05, 0) is 41.0 Å². The predicted molar refractivity (Wildman–Crippen MR) is 96.1 cm³/mol. The third kappa shape index (κ3) is 2.59. The smallest absolute Gasteiger partial charge is 0.0744 e. The topological polar surface area (TPSA) is 0 Å². The van der Waals surface area contributed by atoms with Gasteiger partial charge in [-0.3, -0.25) is 0 Å². The minimum Gasteiger partial charge on any atom is -0.144 e. The molecule has 1 atom stereocenters. The van der Waals surface area contributed by atoms with Gasteiger partial charge in [0.25, 0.3) is 0 Å². The molecule has 0 radical (unpaired) electrons. The maximum atomic E-state index is 3.88. The molecule has 3 heteroatoms. The largest absolute Gasteiger partial charge is 0.144 e. The van der Waals surface area contributed by atoms with E-state index < -0.39 is 0 Å². The number of hydrogen-bond acceptors (Lipinski definition) is 1. The Bertz CT molecular complexity index is 746. The summed E-state index contributed by atoms with van der Waals surface area (Å²) in [6.07, 6.45) is 1.10. The van der Waals surface area contributed by atoms with Crippen molar-refractivity contribution in [3.05, 3.63) is 68.3 Å². The van der Waals surface area contributed by atoms with Crippen LogP contribution in [0.2, 0.25) is 0 Å². The highest BCUT2D eigenvalue weighted by atomic mass is 79.9. The Morgan fingerprint density at radius 1 is 1.00 bits per heavy atom. The lowest BCUT2D eigenvalue weighted by atomic mass is 10.0. The molecule has 0 fully saturated rings. The first-order valence-electron chi connectivity index (χ1n) is 6.60. The number of thiophene rings is 1. The van der Waals surface area contributed by atoms with Crippen molar-refractivity contribution in [1.82, 2.24) is 0 Å². The molecule has 1 heterocycles. The number of alkyl halides is 1.